The fourth-order valence-corrected chi connectivity index (χ4v) is 10.3. The van der Waals surface area contributed by atoms with Crippen molar-refractivity contribution in [3.63, 3.8) is 0 Å². The monoisotopic (exact) mass is 1150 g/mol. The van der Waals surface area contributed by atoms with Gasteiger partial charge in [0.1, 0.15) is 59.2 Å². The van der Waals surface area contributed by atoms with Crippen LogP contribution in [0.15, 0.2) is 48.5 Å². The fraction of sp³-hybridized carbons (Fsp3) is 0.618. The Morgan fingerprint density at radius 1 is 0.337 bits per heavy atom. The van der Waals surface area contributed by atoms with Gasteiger partial charge in [0, 0.05) is 70.2 Å². The minimum atomic E-state index is -0.462. The molecule has 0 spiro atoms. The van der Waals surface area contributed by atoms with Crippen molar-refractivity contribution in [2.24, 2.45) is 0 Å². The van der Waals surface area contributed by atoms with Crippen LogP contribution in [0.4, 0.5) is 0 Å². The number of rotatable bonds is 32. The second-order valence-electron chi connectivity index (χ2n) is 21.3. The molecule has 0 radical (unpaired) electrons. The second kappa shape index (κ2) is 38.9. The lowest BCUT2D eigenvalue weighted by molar-refractivity contribution is -0.146. The summed E-state index contributed by atoms with van der Waals surface area (Å²) < 4.78 is 83.2. The largest absolute Gasteiger partial charge is 0.493 e. The van der Waals surface area contributed by atoms with Crippen LogP contribution in [0.1, 0.15) is 189 Å². The van der Waals surface area contributed by atoms with Crippen LogP contribution in [0.3, 0.4) is 0 Å². The number of benzene rings is 4. The number of carbonyl (C=O) groups excluding carboxylic acids is 2. The van der Waals surface area contributed by atoms with Gasteiger partial charge in [-0.25, -0.2) is 9.59 Å². The fourth-order valence-electron chi connectivity index (χ4n) is 10.3. The van der Waals surface area contributed by atoms with Crippen LogP contribution < -0.4 is 37.9 Å². The lowest BCUT2D eigenvalue weighted by atomic mass is 9.90. The van der Waals surface area contributed by atoms with Crippen molar-refractivity contribution in [1.29, 1.82) is 0 Å². The Balaban J connectivity index is 1.71. The van der Waals surface area contributed by atoms with E-state index >= 15 is 0 Å². The van der Waals surface area contributed by atoms with Crippen molar-refractivity contribution in [1.82, 2.24) is 0 Å². The van der Waals surface area contributed by atoms with E-state index in [1.165, 1.54) is 0 Å². The Bertz CT molecular complexity index is 2260. The third kappa shape index (κ3) is 23.2. The summed E-state index contributed by atoms with van der Waals surface area (Å²) in [4.78, 5) is 26.0. The van der Waals surface area contributed by atoms with Crippen LogP contribution >= 0.6 is 0 Å². The average molecular weight is 1160 g/mol. The normalized spacial score (nSPS) is 13.9. The Labute approximate surface area is 495 Å². The molecule has 10 bridgehead atoms. The number of fused-ring (bicyclic) bond motifs is 6. The lowest BCUT2D eigenvalue weighted by Gasteiger charge is -2.25. The van der Waals surface area contributed by atoms with Crippen molar-refractivity contribution in [3.8, 4) is 46.0 Å². The summed E-state index contributed by atoms with van der Waals surface area (Å²) in [6, 6.07) is 16.2. The number of ether oxygens (including phenoxy) is 13. The highest BCUT2D eigenvalue weighted by Gasteiger charge is 2.26. The average Bonchev–Trinajstić information content (AvgIpc) is 3.66. The Hall–Kier alpha value is -5.90. The Morgan fingerprint density at radius 2 is 0.602 bits per heavy atom. The van der Waals surface area contributed by atoms with E-state index in [0.29, 0.717) is 115 Å². The Kier molecular flexibility index (Phi) is 31.0. The minimum absolute atomic E-state index is 0.234. The van der Waals surface area contributed by atoms with E-state index in [2.05, 4.69) is 52.0 Å². The summed E-state index contributed by atoms with van der Waals surface area (Å²) in [5, 5.41) is 0. The molecule has 0 saturated carbocycles. The first-order valence-electron chi connectivity index (χ1n) is 31.5. The highest BCUT2D eigenvalue weighted by molar-refractivity contribution is 5.72. The first-order valence-corrected chi connectivity index (χ1v) is 31.5. The van der Waals surface area contributed by atoms with Crippen molar-refractivity contribution in [2.45, 2.75) is 170 Å². The summed E-state index contributed by atoms with van der Waals surface area (Å²) in [6.07, 6.45) is 17.7. The summed E-state index contributed by atoms with van der Waals surface area (Å²) in [5.41, 5.74) is 6.89. The first-order chi connectivity index (χ1) is 40.8. The van der Waals surface area contributed by atoms with Crippen LogP contribution in [-0.4, -0.2) is 118 Å². The van der Waals surface area contributed by atoms with Gasteiger partial charge in [-0.2, -0.15) is 0 Å². The van der Waals surface area contributed by atoms with E-state index < -0.39 is 11.9 Å². The van der Waals surface area contributed by atoms with Crippen molar-refractivity contribution in [3.05, 3.63) is 93.0 Å². The summed E-state index contributed by atoms with van der Waals surface area (Å²) in [7, 11) is 0. The molecule has 460 valence electrons. The highest BCUT2D eigenvalue weighted by atomic mass is 16.6. The first kappa shape index (κ1) is 66.2. The maximum absolute atomic E-state index is 13.0. The molecule has 0 saturated heterocycles. The summed E-state index contributed by atoms with van der Waals surface area (Å²) in [6.45, 7) is 17.2. The van der Waals surface area contributed by atoms with Gasteiger partial charge in [0.05, 0.1) is 79.3 Å². The number of hydrogen-bond acceptors (Lipinski definition) is 15. The zero-order valence-corrected chi connectivity index (χ0v) is 51.2. The predicted octanol–water partition coefficient (Wildman–Crippen LogP) is 13.9. The molecular weight excluding hydrogens is 1060 g/mol. The van der Waals surface area contributed by atoms with Crippen LogP contribution in [0.25, 0.3) is 0 Å². The molecule has 2 aliphatic rings. The van der Waals surface area contributed by atoms with E-state index in [1.807, 2.05) is 24.3 Å². The molecule has 0 aromatic heterocycles. The lowest BCUT2D eigenvalue weighted by Crippen LogP contribution is -2.16. The van der Waals surface area contributed by atoms with Gasteiger partial charge in [0.15, 0.2) is 13.2 Å². The van der Waals surface area contributed by atoms with E-state index in [-0.39, 0.29) is 39.6 Å². The number of unbranched alkanes of at least 4 members (excludes halogenated alkanes) is 12. The molecule has 4 aromatic carbocycles. The van der Waals surface area contributed by atoms with Crippen LogP contribution in [0.5, 0.6) is 46.0 Å². The van der Waals surface area contributed by atoms with Gasteiger partial charge in [0.25, 0.3) is 0 Å². The molecule has 83 heavy (non-hydrogen) atoms. The smallest absolute Gasteiger partial charge is 0.344 e. The van der Waals surface area contributed by atoms with Gasteiger partial charge < -0.3 is 61.6 Å². The minimum Gasteiger partial charge on any atom is -0.493 e. The van der Waals surface area contributed by atoms with Gasteiger partial charge in [-0.15, -0.1) is 0 Å². The summed E-state index contributed by atoms with van der Waals surface area (Å²) in [5.74, 6) is 4.26. The standard InChI is InChI=1S/C68H98O15/c1-7-13-17-21-25-78-65-51-37-55-45-61(82-49-63(69)74-11-5)47-57(67(55)80-27-23-19-15-9-3)39-53-43-60-44-54(66(53)79-26-22-18-14-8-2)40-58-48-62(83-50-64(70)75-12-6)46-56(68(58)81-28-24-20-16-10-4)38-52(65)42-59(41-51)76-35-33-72-31-29-71-30-32-73-34-36-77-60/h41-48H,7-40,49-50H2,1-6H3. The molecule has 1 aliphatic carbocycles. The molecule has 0 fully saturated rings. The maximum Gasteiger partial charge on any atom is 0.344 e. The van der Waals surface area contributed by atoms with Crippen LogP contribution in [0.2, 0.25) is 0 Å². The highest BCUT2D eigenvalue weighted by Crippen LogP contribution is 2.44. The number of hydrogen-bond donors (Lipinski definition) is 0. The molecule has 0 unspecified atom stereocenters. The second-order valence-corrected chi connectivity index (χ2v) is 21.3. The van der Waals surface area contributed by atoms with Gasteiger partial charge in [0.2, 0.25) is 0 Å². The van der Waals surface area contributed by atoms with E-state index in [9.17, 15) is 9.59 Å². The van der Waals surface area contributed by atoms with Crippen molar-refractivity contribution in [2.75, 3.05) is 106 Å². The zero-order chi connectivity index (χ0) is 58.7. The molecule has 4 aromatic rings. The van der Waals surface area contributed by atoms with Crippen LogP contribution in [-0.2, 0) is 59.0 Å². The van der Waals surface area contributed by atoms with E-state index in [4.69, 9.17) is 61.6 Å². The van der Waals surface area contributed by atoms with Gasteiger partial charge in [-0.05, 0) is 88.1 Å². The van der Waals surface area contributed by atoms with E-state index in [0.717, 1.165) is 170 Å². The molecule has 0 atom stereocenters. The zero-order valence-electron chi connectivity index (χ0n) is 51.2. The third-order valence-corrected chi connectivity index (χ3v) is 14.4. The maximum atomic E-state index is 13.0. The number of esters is 2. The van der Waals surface area contributed by atoms with E-state index in [1.54, 1.807) is 13.8 Å². The van der Waals surface area contributed by atoms with Gasteiger partial charge >= 0.3 is 11.9 Å². The molecule has 0 N–H and O–H groups in total. The summed E-state index contributed by atoms with van der Waals surface area (Å²) >= 11 is 0. The topological polar surface area (TPSA) is 154 Å². The van der Waals surface area contributed by atoms with Gasteiger partial charge in [-0.1, -0.05) is 105 Å². The van der Waals surface area contributed by atoms with Crippen molar-refractivity contribution >= 4 is 11.9 Å². The van der Waals surface area contributed by atoms with Crippen LogP contribution in [0, 0.1) is 0 Å². The molecule has 15 nitrogen and oxygen atoms in total. The molecule has 15 heteroatoms. The van der Waals surface area contributed by atoms with Crippen molar-refractivity contribution < 1.29 is 71.2 Å². The Morgan fingerprint density at radius 3 is 0.867 bits per heavy atom. The molecule has 0 amide bonds. The number of carbonyl (C=O) groups is 2. The molecule has 6 rings (SSSR count). The molecule has 1 aliphatic heterocycles. The SMILES string of the molecule is CCCCCCOc1c2cc3cc1Cc1cc(OCC(=O)OCC)cc(c1OCCCCCC)Cc1cc(cc(c1OCCCCCC)Cc1cc(OCC(=O)OCC)cc(c1OCCCCCC)C2)OCCOCCOCCOCCO3. The predicted molar refractivity (Wildman–Crippen MR) is 323 cm³/mol. The quantitative estimate of drug-likeness (QED) is 0.0296. The molecular formula is C68H98O15. The van der Waals surface area contributed by atoms with Gasteiger partial charge in [-0.3, -0.25) is 0 Å². The molecule has 1 heterocycles. The third-order valence-electron chi connectivity index (χ3n) is 14.4.